The summed E-state index contributed by atoms with van der Waals surface area (Å²) in [6.45, 7) is 4.93. The number of carbonyl (C=O) groups is 2. The molecule has 3 rings (SSSR count). The van der Waals surface area contributed by atoms with Gasteiger partial charge in [0, 0.05) is 13.1 Å². The lowest BCUT2D eigenvalue weighted by Gasteiger charge is -2.27. The van der Waals surface area contributed by atoms with Crippen LogP contribution in [0.4, 0.5) is 4.79 Å². The molecule has 2 N–H and O–H groups in total. The van der Waals surface area contributed by atoms with E-state index in [4.69, 9.17) is 0 Å². The molecular formula is C19H23N3O2. The van der Waals surface area contributed by atoms with Gasteiger partial charge in [-0.1, -0.05) is 36.4 Å². The second kappa shape index (κ2) is 6.91. The first-order chi connectivity index (χ1) is 11.6. The lowest BCUT2D eigenvalue weighted by molar-refractivity contribution is -0.124. The molecule has 5 heteroatoms. The highest BCUT2D eigenvalue weighted by Crippen LogP contribution is 2.20. The van der Waals surface area contributed by atoms with Gasteiger partial charge in [0.05, 0.1) is 6.04 Å². The molecule has 1 heterocycles. The van der Waals surface area contributed by atoms with Crippen LogP contribution in [0.5, 0.6) is 0 Å². The first-order valence-corrected chi connectivity index (χ1v) is 8.40. The summed E-state index contributed by atoms with van der Waals surface area (Å²) in [5.41, 5.74) is 1.05. The summed E-state index contributed by atoms with van der Waals surface area (Å²) in [5.74, 6) is -0.0963. The third-order valence-electron chi connectivity index (χ3n) is 4.60. The largest absolute Gasteiger partial charge is 0.354 e. The van der Waals surface area contributed by atoms with E-state index in [1.165, 1.54) is 5.39 Å². The highest BCUT2D eigenvalue weighted by Gasteiger charge is 2.28. The van der Waals surface area contributed by atoms with Gasteiger partial charge < -0.3 is 15.5 Å². The van der Waals surface area contributed by atoms with Gasteiger partial charge in [0.25, 0.3) is 0 Å². The fourth-order valence-electron chi connectivity index (χ4n) is 3.05. The first kappa shape index (κ1) is 16.3. The molecule has 126 valence electrons. The number of nitrogens with zero attached hydrogens (tertiary/aromatic N) is 1. The molecule has 0 radical (unpaired) electrons. The number of amides is 3. The van der Waals surface area contributed by atoms with E-state index in [0.29, 0.717) is 13.1 Å². The van der Waals surface area contributed by atoms with Crippen molar-refractivity contribution in [2.75, 3.05) is 13.1 Å². The molecule has 0 bridgehead atoms. The summed E-state index contributed by atoms with van der Waals surface area (Å²) in [6.07, 6.45) is 0.772. The third-order valence-corrected chi connectivity index (χ3v) is 4.60. The van der Waals surface area contributed by atoms with Crippen molar-refractivity contribution in [3.05, 3.63) is 48.0 Å². The number of hydrogen-bond donors (Lipinski definition) is 2. The summed E-state index contributed by atoms with van der Waals surface area (Å²) in [6, 6.07) is 13.6. The van der Waals surface area contributed by atoms with E-state index in [1.807, 2.05) is 25.1 Å². The summed E-state index contributed by atoms with van der Waals surface area (Å²) in [4.78, 5) is 26.1. The normalized spacial score (nSPS) is 19.5. The van der Waals surface area contributed by atoms with Crippen molar-refractivity contribution < 1.29 is 9.59 Å². The Kier molecular flexibility index (Phi) is 4.69. The SMILES string of the molecule is CC(NC(=O)N1CCCNC(=O)C1C)c1ccc2ccccc2c1. The third kappa shape index (κ3) is 3.35. The molecule has 0 aromatic heterocycles. The maximum absolute atomic E-state index is 12.6. The molecular weight excluding hydrogens is 302 g/mol. The number of benzene rings is 2. The van der Waals surface area contributed by atoms with Gasteiger partial charge in [-0.15, -0.1) is 0 Å². The molecule has 2 aromatic rings. The molecule has 1 saturated heterocycles. The Morgan fingerprint density at radius 1 is 1.25 bits per heavy atom. The van der Waals surface area contributed by atoms with Gasteiger partial charge >= 0.3 is 6.03 Å². The van der Waals surface area contributed by atoms with Gasteiger partial charge in [0.1, 0.15) is 6.04 Å². The maximum atomic E-state index is 12.6. The maximum Gasteiger partial charge on any atom is 0.318 e. The van der Waals surface area contributed by atoms with Crippen LogP contribution in [0.1, 0.15) is 31.9 Å². The highest BCUT2D eigenvalue weighted by atomic mass is 16.2. The van der Waals surface area contributed by atoms with E-state index in [-0.39, 0.29) is 18.0 Å². The van der Waals surface area contributed by atoms with Crippen LogP contribution in [0.15, 0.2) is 42.5 Å². The highest BCUT2D eigenvalue weighted by molar-refractivity contribution is 5.87. The Balaban J connectivity index is 1.73. The van der Waals surface area contributed by atoms with Gasteiger partial charge in [-0.25, -0.2) is 4.79 Å². The van der Waals surface area contributed by atoms with Crippen molar-refractivity contribution in [3.8, 4) is 0 Å². The van der Waals surface area contributed by atoms with Gasteiger partial charge in [-0.2, -0.15) is 0 Å². The molecule has 1 aliphatic rings. The van der Waals surface area contributed by atoms with Gasteiger partial charge in [-0.3, -0.25) is 4.79 Å². The first-order valence-electron chi connectivity index (χ1n) is 8.40. The molecule has 24 heavy (non-hydrogen) atoms. The zero-order chi connectivity index (χ0) is 17.1. The zero-order valence-corrected chi connectivity index (χ0v) is 14.1. The van der Waals surface area contributed by atoms with Crippen LogP contribution < -0.4 is 10.6 Å². The minimum Gasteiger partial charge on any atom is -0.354 e. The van der Waals surface area contributed by atoms with Crippen LogP contribution in [-0.4, -0.2) is 36.0 Å². The van der Waals surface area contributed by atoms with Gasteiger partial charge in [0.15, 0.2) is 0 Å². The van der Waals surface area contributed by atoms with Crippen LogP contribution in [0.2, 0.25) is 0 Å². The van der Waals surface area contributed by atoms with Crippen molar-refractivity contribution in [1.29, 1.82) is 0 Å². The molecule has 1 fully saturated rings. The molecule has 0 spiro atoms. The molecule has 2 unspecified atom stereocenters. The van der Waals surface area contributed by atoms with Crippen LogP contribution in [0.3, 0.4) is 0 Å². The summed E-state index contributed by atoms with van der Waals surface area (Å²) in [5, 5.41) is 8.17. The fraction of sp³-hybridized carbons (Fsp3) is 0.368. The van der Waals surface area contributed by atoms with Crippen molar-refractivity contribution in [1.82, 2.24) is 15.5 Å². The molecule has 2 aromatic carbocycles. The summed E-state index contributed by atoms with van der Waals surface area (Å²) in [7, 11) is 0. The summed E-state index contributed by atoms with van der Waals surface area (Å²) >= 11 is 0. The average molecular weight is 325 g/mol. The Morgan fingerprint density at radius 3 is 2.79 bits per heavy atom. The van der Waals surface area contributed by atoms with Crippen molar-refractivity contribution >= 4 is 22.7 Å². The number of nitrogens with one attached hydrogen (secondary N) is 2. The molecule has 0 saturated carbocycles. The smallest absolute Gasteiger partial charge is 0.318 e. The Bertz CT molecular complexity index is 759. The van der Waals surface area contributed by atoms with E-state index in [2.05, 4.69) is 34.9 Å². The second-order valence-corrected chi connectivity index (χ2v) is 6.29. The van der Waals surface area contributed by atoms with Gasteiger partial charge in [-0.05, 0) is 42.7 Å². The Morgan fingerprint density at radius 2 is 2.00 bits per heavy atom. The Hall–Kier alpha value is -2.56. The lowest BCUT2D eigenvalue weighted by atomic mass is 10.0. The topological polar surface area (TPSA) is 61.4 Å². The minimum atomic E-state index is -0.448. The zero-order valence-electron chi connectivity index (χ0n) is 14.1. The fourth-order valence-corrected chi connectivity index (χ4v) is 3.05. The van der Waals surface area contributed by atoms with Crippen LogP contribution >= 0.6 is 0 Å². The molecule has 3 amide bonds. The number of hydrogen-bond acceptors (Lipinski definition) is 2. The predicted octanol–water partition coefficient (Wildman–Crippen LogP) is 2.82. The predicted molar refractivity (Wildman–Crippen MR) is 94.7 cm³/mol. The summed E-state index contributed by atoms with van der Waals surface area (Å²) < 4.78 is 0. The monoisotopic (exact) mass is 325 g/mol. The van der Waals surface area contributed by atoms with Crippen molar-refractivity contribution in [3.63, 3.8) is 0 Å². The minimum absolute atomic E-state index is 0.0963. The van der Waals surface area contributed by atoms with E-state index in [9.17, 15) is 9.59 Å². The lowest BCUT2D eigenvalue weighted by Crippen LogP contribution is -2.49. The van der Waals surface area contributed by atoms with Crippen LogP contribution in [0, 0.1) is 0 Å². The standard InChI is InChI=1S/C19H23N3O2/c1-13(16-9-8-15-6-3-4-7-17(15)12-16)21-19(24)22-11-5-10-20-18(23)14(22)2/h3-4,6-9,12-14H,5,10-11H2,1-2H3,(H,20,23)(H,21,24). The van der Waals surface area contributed by atoms with Crippen molar-refractivity contribution in [2.24, 2.45) is 0 Å². The second-order valence-electron chi connectivity index (χ2n) is 6.29. The van der Waals surface area contributed by atoms with Crippen LogP contribution in [-0.2, 0) is 4.79 Å². The number of rotatable bonds is 2. The van der Waals surface area contributed by atoms with Crippen LogP contribution in [0.25, 0.3) is 10.8 Å². The molecule has 5 nitrogen and oxygen atoms in total. The van der Waals surface area contributed by atoms with E-state index < -0.39 is 6.04 Å². The van der Waals surface area contributed by atoms with E-state index in [1.54, 1.807) is 11.8 Å². The van der Waals surface area contributed by atoms with E-state index in [0.717, 1.165) is 17.4 Å². The number of fused-ring (bicyclic) bond motifs is 1. The quantitative estimate of drug-likeness (QED) is 0.892. The average Bonchev–Trinajstić information content (AvgIpc) is 2.76. The molecule has 2 atom stereocenters. The molecule has 1 aliphatic heterocycles. The number of carbonyl (C=O) groups excluding carboxylic acids is 2. The number of urea groups is 1. The van der Waals surface area contributed by atoms with Crippen molar-refractivity contribution in [2.45, 2.75) is 32.4 Å². The Labute approximate surface area is 142 Å². The van der Waals surface area contributed by atoms with Gasteiger partial charge in [0.2, 0.25) is 5.91 Å². The molecule has 0 aliphatic carbocycles. The van der Waals surface area contributed by atoms with E-state index >= 15 is 0 Å².